The van der Waals surface area contributed by atoms with Crippen LogP contribution in [0.1, 0.15) is 37.7 Å². The van der Waals surface area contributed by atoms with Crippen LogP contribution in [-0.4, -0.2) is 18.8 Å². The van der Waals surface area contributed by atoms with Crippen molar-refractivity contribution in [3.05, 3.63) is 42.5 Å². The maximum atomic E-state index is 3.76. The van der Waals surface area contributed by atoms with E-state index >= 15 is 0 Å². The Morgan fingerprint density at radius 3 is 2.84 bits per heavy atom. The van der Waals surface area contributed by atoms with Gasteiger partial charge in [0.05, 0.1) is 0 Å². The lowest BCUT2D eigenvalue weighted by atomic mass is 10.1. The highest BCUT2D eigenvalue weighted by Crippen LogP contribution is 2.21. The van der Waals surface area contributed by atoms with Gasteiger partial charge in [0.25, 0.3) is 0 Å². The SMILES string of the molecule is C=CCCCCCC(CSc1cccc(C)c1)NC. The molecule has 1 rings (SSSR count). The summed E-state index contributed by atoms with van der Waals surface area (Å²) in [5.41, 5.74) is 1.34. The van der Waals surface area contributed by atoms with Crippen molar-refractivity contribution in [1.29, 1.82) is 0 Å². The number of benzene rings is 1. The molecule has 2 heteroatoms. The molecule has 0 saturated carbocycles. The molecule has 0 aliphatic heterocycles. The summed E-state index contributed by atoms with van der Waals surface area (Å²) in [5, 5.41) is 3.44. The van der Waals surface area contributed by atoms with Crippen molar-refractivity contribution in [2.75, 3.05) is 12.8 Å². The van der Waals surface area contributed by atoms with Gasteiger partial charge in [0.15, 0.2) is 0 Å². The molecule has 0 saturated heterocycles. The van der Waals surface area contributed by atoms with Crippen LogP contribution in [0.2, 0.25) is 0 Å². The van der Waals surface area contributed by atoms with Crippen molar-refractivity contribution in [2.45, 2.75) is 50.0 Å². The van der Waals surface area contributed by atoms with Crippen LogP contribution < -0.4 is 5.32 Å². The zero-order valence-corrected chi connectivity index (χ0v) is 13.1. The number of allylic oxidation sites excluding steroid dienone is 1. The number of hydrogen-bond acceptors (Lipinski definition) is 2. The first-order valence-electron chi connectivity index (χ1n) is 7.24. The minimum absolute atomic E-state index is 0.620. The molecule has 1 aromatic carbocycles. The molecule has 0 fully saturated rings. The Labute approximate surface area is 122 Å². The van der Waals surface area contributed by atoms with E-state index in [1.165, 1.54) is 36.1 Å². The third-order valence-corrected chi connectivity index (χ3v) is 4.47. The average Bonchev–Trinajstić information content (AvgIpc) is 2.42. The van der Waals surface area contributed by atoms with Gasteiger partial charge in [-0.2, -0.15) is 0 Å². The fourth-order valence-electron chi connectivity index (χ4n) is 2.07. The molecule has 1 nitrogen and oxygen atoms in total. The number of rotatable bonds is 10. The smallest absolute Gasteiger partial charge is 0.0158 e. The van der Waals surface area contributed by atoms with E-state index in [1.807, 2.05) is 17.8 Å². The van der Waals surface area contributed by atoms with E-state index in [2.05, 4.69) is 50.1 Å². The van der Waals surface area contributed by atoms with Gasteiger partial charge in [-0.15, -0.1) is 18.3 Å². The predicted molar refractivity (Wildman–Crippen MR) is 88.0 cm³/mol. The topological polar surface area (TPSA) is 12.0 Å². The van der Waals surface area contributed by atoms with Gasteiger partial charge in [-0.25, -0.2) is 0 Å². The number of hydrogen-bond donors (Lipinski definition) is 1. The molecular weight excluding hydrogens is 250 g/mol. The number of aryl methyl sites for hydroxylation is 1. The van der Waals surface area contributed by atoms with E-state index in [0.717, 1.165) is 12.2 Å². The zero-order valence-electron chi connectivity index (χ0n) is 12.3. The summed E-state index contributed by atoms with van der Waals surface area (Å²) in [6, 6.07) is 9.38. The summed E-state index contributed by atoms with van der Waals surface area (Å²) in [6.07, 6.45) is 8.36. The molecule has 106 valence electrons. The van der Waals surface area contributed by atoms with E-state index in [0.29, 0.717) is 6.04 Å². The minimum Gasteiger partial charge on any atom is -0.316 e. The Hall–Kier alpha value is -0.730. The summed E-state index contributed by atoms with van der Waals surface area (Å²) in [5.74, 6) is 1.15. The average molecular weight is 277 g/mol. The summed E-state index contributed by atoms with van der Waals surface area (Å²) in [4.78, 5) is 1.38. The maximum Gasteiger partial charge on any atom is 0.0158 e. The van der Waals surface area contributed by atoms with E-state index in [1.54, 1.807) is 0 Å². The number of thioether (sulfide) groups is 1. The molecule has 1 atom stereocenters. The van der Waals surface area contributed by atoms with Crippen molar-refractivity contribution < 1.29 is 0 Å². The second-order valence-electron chi connectivity index (χ2n) is 5.04. The van der Waals surface area contributed by atoms with Gasteiger partial charge >= 0.3 is 0 Å². The first-order chi connectivity index (χ1) is 9.26. The van der Waals surface area contributed by atoms with Crippen molar-refractivity contribution >= 4 is 11.8 Å². The molecule has 0 amide bonds. The molecular formula is C17H27NS. The molecule has 1 unspecified atom stereocenters. The quantitative estimate of drug-likeness (QED) is 0.374. The van der Waals surface area contributed by atoms with Crippen molar-refractivity contribution in [2.24, 2.45) is 0 Å². The molecule has 1 N–H and O–H groups in total. The largest absolute Gasteiger partial charge is 0.316 e. The van der Waals surface area contributed by atoms with Gasteiger partial charge in [-0.1, -0.05) is 36.6 Å². The number of unbranched alkanes of at least 4 members (excludes halogenated alkanes) is 3. The van der Waals surface area contributed by atoms with Crippen LogP contribution in [0, 0.1) is 6.92 Å². The highest BCUT2D eigenvalue weighted by Gasteiger charge is 2.06. The van der Waals surface area contributed by atoms with E-state index in [-0.39, 0.29) is 0 Å². The summed E-state index contributed by atoms with van der Waals surface area (Å²) < 4.78 is 0. The molecule has 0 aromatic heterocycles. The van der Waals surface area contributed by atoms with Crippen LogP contribution >= 0.6 is 11.8 Å². The number of nitrogens with one attached hydrogen (secondary N) is 1. The van der Waals surface area contributed by atoms with Gasteiger partial charge in [0.1, 0.15) is 0 Å². The summed E-state index contributed by atoms with van der Waals surface area (Å²) >= 11 is 1.96. The first-order valence-corrected chi connectivity index (χ1v) is 8.22. The predicted octanol–water partition coefficient (Wildman–Crippen LogP) is 4.81. The third kappa shape index (κ3) is 7.44. The highest BCUT2D eigenvalue weighted by molar-refractivity contribution is 7.99. The van der Waals surface area contributed by atoms with Crippen molar-refractivity contribution in [1.82, 2.24) is 5.32 Å². The Morgan fingerprint density at radius 1 is 1.32 bits per heavy atom. The van der Waals surface area contributed by atoms with E-state index in [9.17, 15) is 0 Å². The second kappa shape index (κ2) is 10.1. The zero-order chi connectivity index (χ0) is 13.9. The molecule has 19 heavy (non-hydrogen) atoms. The molecule has 0 aliphatic carbocycles. The third-order valence-electron chi connectivity index (χ3n) is 3.31. The summed E-state index contributed by atoms with van der Waals surface area (Å²) in [7, 11) is 2.07. The standard InChI is InChI=1S/C17H27NS/c1-4-5-6-7-8-11-16(18-3)14-19-17-12-9-10-15(2)13-17/h4,9-10,12-13,16,18H,1,5-8,11,14H2,2-3H3. The molecule has 0 bridgehead atoms. The van der Waals surface area contributed by atoms with Crippen LogP contribution in [-0.2, 0) is 0 Å². The van der Waals surface area contributed by atoms with Gasteiger partial charge in [-0.3, -0.25) is 0 Å². The molecule has 0 radical (unpaired) electrons. The minimum atomic E-state index is 0.620. The Balaban J connectivity index is 2.22. The van der Waals surface area contributed by atoms with Crippen LogP contribution in [0.4, 0.5) is 0 Å². The van der Waals surface area contributed by atoms with Crippen molar-refractivity contribution in [3.63, 3.8) is 0 Å². The fourth-order valence-corrected chi connectivity index (χ4v) is 3.24. The van der Waals surface area contributed by atoms with Crippen molar-refractivity contribution in [3.8, 4) is 0 Å². The van der Waals surface area contributed by atoms with Crippen LogP contribution in [0.5, 0.6) is 0 Å². The van der Waals surface area contributed by atoms with Crippen LogP contribution in [0.3, 0.4) is 0 Å². The Bertz CT molecular complexity index is 362. The van der Waals surface area contributed by atoms with Crippen LogP contribution in [0.15, 0.2) is 41.8 Å². The van der Waals surface area contributed by atoms with Gasteiger partial charge in [-0.05, 0) is 45.4 Å². The van der Waals surface area contributed by atoms with Gasteiger partial charge in [0, 0.05) is 16.7 Å². The Morgan fingerprint density at radius 2 is 2.16 bits per heavy atom. The lowest BCUT2D eigenvalue weighted by Gasteiger charge is -2.15. The highest BCUT2D eigenvalue weighted by atomic mass is 32.2. The molecule has 1 aromatic rings. The monoisotopic (exact) mass is 277 g/mol. The molecule has 0 spiro atoms. The van der Waals surface area contributed by atoms with E-state index < -0.39 is 0 Å². The van der Waals surface area contributed by atoms with Gasteiger partial charge < -0.3 is 5.32 Å². The maximum absolute atomic E-state index is 3.76. The Kier molecular flexibility index (Phi) is 8.68. The first kappa shape index (κ1) is 16.3. The van der Waals surface area contributed by atoms with Gasteiger partial charge in [0.2, 0.25) is 0 Å². The van der Waals surface area contributed by atoms with E-state index in [4.69, 9.17) is 0 Å². The fraction of sp³-hybridized carbons (Fsp3) is 0.529. The molecule has 0 heterocycles. The van der Waals surface area contributed by atoms with Crippen LogP contribution in [0.25, 0.3) is 0 Å². The lowest BCUT2D eigenvalue weighted by molar-refractivity contribution is 0.526. The second-order valence-corrected chi connectivity index (χ2v) is 6.13. The molecule has 0 aliphatic rings. The normalized spacial score (nSPS) is 12.3. The summed E-state index contributed by atoms with van der Waals surface area (Å²) in [6.45, 7) is 5.92. The lowest BCUT2D eigenvalue weighted by Crippen LogP contribution is -2.27.